The molecule has 0 bridgehead atoms. The molecule has 2 aromatic heterocycles. The average Bonchev–Trinajstić information content (AvgIpc) is 2.93. The Morgan fingerprint density at radius 2 is 2.29 bits per heavy atom. The van der Waals surface area contributed by atoms with E-state index in [2.05, 4.69) is 22.5 Å². The number of thiophene rings is 1. The smallest absolute Gasteiger partial charge is 0.227 e. The van der Waals surface area contributed by atoms with Gasteiger partial charge in [-0.05, 0) is 29.5 Å². The average molecular weight is 318 g/mol. The molecule has 110 valence electrons. The maximum Gasteiger partial charge on any atom is 0.227 e. The summed E-state index contributed by atoms with van der Waals surface area (Å²) in [5, 5.41) is 2.67. The van der Waals surface area contributed by atoms with Crippen molar-refractivity contribution >= 4 is 29.0 Å². The molecule has 3 heterocycles. The van der Waals surface area contributed by atoms with E-state index in [0.29, 0.717) is 11.7 Å². The van der Waals surface area contributed by atoms with Gasteiger partial charge in [0.15, 0.2) is 0 Å². The third-order valence-corrected chi connectivity index (χ3v) is 6.08. The molecule has 21 heavy (non-hydrogen) atoms. The molecular formula is C16H18N2OS2. The molecule has 1 aliphatic rings. The van der Waals surface area contributed by atoms with Crippen molar-refractivity contribution in [3.05, 3.63) is 52.5 Å². The van der Waals surface area contributed by atoms with Crippen molar-refractivity contribution in [2.75, 3.05) is 18.8 Å². The number of thioether (sulfide) groups is 1. The number of hydrogen-bond donors (Lipinski definition) is 0. The van der Waals surface area contributed by atoms with Crippen LogP contribution in [0.3, 0.4) is 0 Å². The highest BCUT2D eigenvalue weighted by atomic mass is 32.2. The highest BCUT2D eigenvalue weighted by Crippen LogP contribution is 2.36. The number of amides is 1. The van der Waals surface area contributed by atoms with Gasteiger partial charge >= 0.3 is 0 Å². The molecule has 1 fully saturated rings. The van der Waals surface area contributed by atoms with E-state index in [1.165, 1.54) is 4.88 Å². The summed E-state index contributed by atoms with van der Waals surface area (Å²) in [6.07, 6.45) is 5.02. The number of carbonyl (C=O) groups is 1. The molecule has 0 spiro atoms. The van der Waals surface area contributed by atoms with Crippen molar-refractivity contribution in [1.29, 1.82) is 0 Å². The van der Waals surface area contributed by atoms with E-state index in [0.717, 1.165) is 30.8 Å². The fraction of sp³-hybridized carbons (Fsp3) is 0.375. The minimum absolute atomic E-state index is 0.218. The third-order valence-electron chi connectivity index (χ3n) is 3.63. The molecule has 0 N–H and O–H groups in total. The predicted octanol–water partition coefficient (Wildman–Crippen LogP) is 3.39. The van der Waals surface area contributed by atoms with Crippen molar-refractivity contribution < 1.29 is 4.79 Å². The molecule has 0 radical (unpaired) electrons. The Morgan fingerprint density at radius 3 is 3.05 bits per heavy atom. The van der Waals surface area contributed by atoms with Crippen LogP contribution in [0.1, 0.15) is 22.1 Å². The van der Waals surface area contributed by atoms with Crippen LogP contribution < -0.4 is 0 Å². The Hall–Kier alpha value is -1.33. The van der Waals surface area contributed by atoms with Gasteiger partial charge in [-0.2, -0.15) is 11.8 Å². The number of rotatable bonds is 3. The Bertz CT molecular complexity index is 571. The zero-order valence-electron chi connectivity index (χ0n) is 11.8. The minimum Gasteiger partial charge on any atom is -0.342 e. The largest absolute Gasteiger partial charge is 0.342 e. The summed E-state index contributed by atoms with van der Waals surface area (Å²) >= 11 is 3.79. The zero-order chi connectivity index (χ0) is 14.5. The lowest BCUT2D eigenvalue weighted by atomic mass is 10.2. The van der Waals surface area contributed by atoms with E-state index < -0.39 is 0 Å². The molecule has 3 rings (SSSR count). The van der Waals surface area contributed by atoms with Gasteiger partial charge in [0.2, 0.25) is 5.91 Å². The van der Waals surface area contributed by atoms with Crippen LogP contribution in [0.15, 0.2) is 42.0 Å². The van der Waals surface area contributed by atoms with Crippen molar-refractivity contribution in [2.45, 2.75) is 18.1 Å². The van der Waals surface area contributed by atoms with Crippen molar-refractivity contribution in [3.63, 3.8) is 0 Å². The second-order valence-electron chi connectivity index (χ2n) is 5.08. The second kappa shape index (κ2) is 7.09. The molecule has 0 aliphatic carbocycles. The van der Waals surface area contributed by atoms with Gasteiger partial charge in [0.25, 0.3) is 0 Å². The monoisotopic (exact) mass is 318 g/mol. The summed E-state index contributed by atoms with van der Waals surface area (Å²) < 4.78 is 0. The maximum absolute atomic E-state index is 12.4. The van der Waals surface area contributed by atoms with Crippen molar-refractivity contribution in [1.82, 2.24) is 9.88 Å². The van der Waals surface area contributed by atoms with E-state index in [4.69, 9.17) is 0 Å². The molecule has 1 saturated heterocycles. The van der Waals surface area contributed by atoms with Crippen LogP contribution in [0.25, 0.3) is 0 Å². The first kappa shape index (κ1) is 14.6. The van der Waals surface area contributed by atoms with Gasteiger partial charge < -0.3 is 4.90 Å². The van der Waals surface area contributed by atoms with Crippen LogP contribution in [0.4, 0.5) is 0 Å². The molecule has 0 unspecified atom stereocenters. The van der Waals surface area contributed by atoms with Gasteiger partial charge in [-0.1, -0.05) is 12.1 Å². The highest BCUT2D eigenvalue weighted by molar-refractivity contribution is 7.99. The molecule has 0 aromatic carbocycles. The Morgan fingerprint density at radius 1 is 1.33 bits per heavy atom. The second-order valence-corrected chi connectivity index (χ2v) is 7.37. The fourth-order valence-corrected chi connectivity index (χ4v) is 4.75. The van der Waals surface area contributed by atoms with Crippen LogP contribution in [-0.2, 0) is 11.2 Å². The first-order chi connectivity index (χ1) is 10.3. The van der Waals surface area contributed by atoms with Gasteiger partial charge in [-0.25, -0.2) is 0 Å². The summed E-state index contributed by atoms with van der Waals surface area (Å²) in [5.74, 6) is 1.23. The number of pyridine rings is 1. The van der Waals surface area contributed by atoms with Gasteiger partial charge in [0.05, 0.1) is 6.42 Å². The summed E-state index contributed by atoms with van der Waals surface area (Å²) in [5.41, 5.74) is 0.995. The Labute approximate surface area is 133 Å². The lowest BCUT2D eigenvalue weighted by molar-refractivity contribution is -0.130. The topological polar surface area (TPSA) is 33.2 Å². The normalized spacial score (nSPS) is 19.2. The van der Waals surface area contributed by atoms with Crippen LogP contribution in [0, 0.1) is 0 Å². The van der Waals surface area contributed by atoms with Gasteiger partial charge in [-0.15, -0.1) is 11.3 Å². The lowest BCUT2D eigenvalue weighted by Gasteiger charge is -2.20. The zero-order valence-corrected chi connectivity index (χ0v) is 13.4. The van der Waals surface area contributed by atoms with E-state index >= 15 is 0 Å². The minimum atomic E-state index is 0.218. The number of aromatic nitrogens is 1. The standard InChI is InChI=1S/C16H18N2OS2/c19-16(11-13-3-1-6-17-12-13)18-7-5-15(21-10-8-18)14-4-2-9-20-14/h1-4,6,9,12,15H,5,7-8,10-11H2/t15-/m1/s1. The molecule has 1 amide bonds. The number of hydrogen-bond acceptors (Lipinski definition) is 4. The summed E-state index contributed by atoms with van der Waals surface area (Å²) in [6.45, 7) is 1.71. The number of nitrogens with zero attached hydrogens (tertiary/aromatic N) is 2. The quantitative estimate of drug-likeness (QED) is 0.870. The third kappa shape index (κ3) is 3.86. The molecular weight excluding hydrogens is 300 g/mol. The van der Waals surface area contributed by atoms with Gasteiger partial charge in [0.1, 0.15) is 0 Å². The Kier molecular flexibility index (Phi) is 4.93. The number of carbonyl (C=O) groups excluding carboxylic acids is 1. The van der Waals surface area contributed by atoms with E-state index in [1.807, 2.05) is 40.1 Å². The lowest BCUT2D eigenvalue weighted by Crippen LogP contribution is -2.34. The first-order valence-corrected chi connectivity index (χ1v) is 9.07. The first-order valence-electron chi connectivity index (χ1n) is 7.14. The van der Waals surface area contributed by atoms with Crippen LogP contribution >= 0.6 is 23.1 Å². The Balaban J connectivity index is 1.58. The van der Waals surface area contributed by atoms with Gasteiger partial charge in [0, 0.05) is 41.4 Å². The van der Waals surface area contributed by atoms with Crippen LogP contribution in [0.5, 0.6) is 0 Å². The highest BCUT2D eigenvalue weighted by Gasteiger charge is 2.22. The van der Waals surface area contributed by atoms with Crippen molar-refractivity contribution in [2.24, 2.45) is 0 Å². The van der Waals surface area contributed by atoms with Gasteiger partial charge in [-0.3, -0.25) is 9.78 Å². The predicted molar refractivity (Wildman–Crippen MR) is 88.7 cm³/mol. The molecule has 5 heteroatoms. The summed E-state index contributed by atoms with van der Waals surface area (Å²) in [4.78, 5) is 19.9. The summed E-state index contributed by atoms with van der Waals surface area (Å²) in [6, 6.07) is 8.16. The fourth-order valence-electron chi connectivity index (χ4n) is 2.51. The molecule has 1 atom stereocenters. The van der Waals surface area contributed by atoms with Crippen LogP contribution in [-0.4, -0.2) is 34.6 Å². The SMILES string of the molecule is O=C(Cc1cccnc1)N1CCS[C@@H](c2cccs2)CC1. The molecule has 0 saturated carbocycles. The van der Waals surface area contributed by atoms with E-state index in [9.17, 15) is 4.79 Å². The maximum atomic E-state index is 12.4. The van der Waals surface area contributed by atoms with Crippen molar-refractivity contribution in [3.8, 4) is 0 Å². The van der Waals surface area contributed by atoms with Crippen LogP contribution in [0.2, 0.25) is 0 Å². The molecule has 2 aromatic rings. The van der Waals surface area contributed by atoms with E-state index in [-0.39, 0.29) is 5.91 Å². The van der Waals surface area contributed by atoms with E-state index in [1.54, 1.807) is 12.4 Å². The summed E-state index contributed by atoms with van der Waals surface area (Å²) in [7, 11) is 0. The molecule has 1 aliphatic heterocycles. The molecule has 3 nitrogen and oxygen atoms in total.